The molecule has 19 heavy (non-hydrogen) atoms. The highest BCUT2D eigenvalue weighted by Crippen LogP contribution is 2.18. The van der Waals surface area contributed by atoms with Gasteiger partial charge in [0.15, 0.2) is 0 Å². The molecule has 0 saturated carbocycles. The van der Waals surface area contributed by atoms with Crippen molar-refractivity contribution in [1.82, 2.24) is 5.32 Å². The largest absolute Gasteiger partial charge is 0.465 e. The summed E-state index contributed by atoms with van der Waals surface area (Å²) in [6.45, 7) is 2.93. The van der Waals surface area contributed by atoms with Crippen molar-refractivity contribution in [3.8, 4) is 0 Å². The number of carbonyl (C=O) groups is 1. The van der Waals surface area contributed by atoms with E-state index in [9.17, 15) is 9.18 Å². The van der Waals surface area contributed by atoms with Crippen LogP contribution in [0.25, 0.3) is 0 Å². The molecule has 0 aliphatic carbocycles. The van der Waals surface area contributed by atoms with Crippen molar-refractivity contribution in [2.75, 3.05) is 32.1 Å². The van der Waals surface area contributed by atoms with Gasteiger partial charge in [-0.2, -0.15) is 0 Å². The summed E-state index contributed by atoms with van der Waals surface area (Å²) in [5, 5.41) is 6.57. The number of methoxy groups -OCH3 is 1. The van der Waals surface area contributed by atoms with E-state index >= 15 is 0 Å². The third-order valence-corrected chi connectivity index (χ3v) is 3.43. The Morgan fingerprint density at radius 2 is 2.21 bits per heavy atom. The van der Waals surface area contributed by atoms with Crippen molar-refractivity contribution >= 4 is 11.7 Å². The molecule has 0 amide bonds. The average molecular weight is 266 g/mol. The van der Waals surface area contributed by atoms with Gasteiger partial charge in [0.2, 0.25) is 0 Å². The maximum atomic E-state index is 13.5. The number of hydrogen-bond acceptors (Lipinski definition) is 4. The van der Waals surface area contributed by atoms with Crippen molar-refractivity contribution in [3.05, 3.63) is 29.6 Å². The van der Waals surface area contributed by atoms with Crippen LogP contribution in [-0.4, -0.2) is 32.7 Å². The quantitative estimate of drug-likeness (QED) is 0.819. The third kappa shape index (κ3) is 3.67. The van der Waals surface area contributed by atoms with Crippen molar-refractivity contribution in [2.45, 2.75) is 12.8 Å². The first-order chi connectivity index (χ1) is 9.20. The monoisotopic (exact) mass is 266 g/mol. The smallest absolute Gasteiger partial charge is 0.340 e. The van der Waals surface area contributed by atoms with Crippen molar-refractivity contribution in [2.24, 2.45) is 5.92 Å². The normalized spacial score (nSPS) is 16.1. The molecule has 1 heterocycles. The predicted molar refractivity (Wildman–Crippen MR) is 71.8 cm³/mol. The van der Waals surface area contributed by atoms with Crippen LogP contribution in [0.4, 0.5) is 10.1 Å². The van der Waals surface area contributed by atoms with Gasteiger partial charge in [-0.25, -0.2) is 9.18 Å². The molecular formula is C14H19FN2O2. The second-order valence-electron chi connectivity index (χ2n) is 4.76. The molecule has 1 fully saturated rings. The van der Waals surface area contributed by atoms with Gasteiger partial charge in [-0.3, -0.25) is 0 Å². The topological polar surface area (TPSA) is 50.4 Å². The fraction of sp³-hybridized carbons (Fsp3) is 0.500. The lowest BCUT2D eigenvalue weighted by molar-refractivity contribution is 0.0595. The average Bonchev–Trinajstić information content (AvgIpc) is 2.46. The number of anilines is 1. The number of hydrogen-bond donors (Lipinski definition) is 2. The number of carbonyl (C=O) groups excluding carboxylic acids is 1. The van der Waals surface area contributed by atoms with E-state index in [0.717, 1.165) is 38.2 Å². The standard InChI is InChI=1S/C14H19FN2O2/c1-19-14(18)12-8-11(2-3-13(12)15)17-9-10-4-6-16-7-5-10/h2-3,8,10,16-17H,4-7,9H2,1H3. The van der Waals surface area contributed by atoms with E-state index in [1.165, 1.54) is 19.2 Å². The van der Waals surface area contributed by atoms with Gasteiger partial charge >= 0.3 is 5.97 Å². The zero-order valence-electron chi connectivity index (χ0n) is 11.0. The van der Waals surface area contributed by atoms with E-state index in [1.54, 1.807) is 6.07 Å². The van der Waals surface area contributed by atoms with Crippen molar-refractivity contribution in [1.29, 1.82) is 0 Å². The first kappa shape index (κ1) is 13.8. The molecule has 0 radical (unpaired) electrons. The van der Waals surface area contributed by atoms with Gasteiger partial charge in [-0.1, -0.05) is 0 Å². The number of ether oxygens (including phenoxy) is 1. The Balaban J connectivity index is 1.98. The summed E-state index contributed by atoms with van der Waals surface area (Å²) in [6, 6.07) is 4.43. The molecule has 0 aromatic heterocycles. The molecule has 4 nitrogen and oxygen atoms in total. The van der Waals surface area contributed by atoms with Crippen LogP contribution in [0.3, 0.4) is 0 Å². The highest BCUT2D eigenvalue weighted by molar-refractivity contribution is 5.90. The lowest BCUT2D eigenvalue weighted by Crippen LogP contribution is -2.31. The van der Waals surface area contributed by atoms with Crippen molar-refractivity contribution < 1.29 is 13.9 Å². The summed E-state index contributed by atoms with van der Waals surface area (Å²) in [6.07, 6.45) is 2.27. The first-order valence-corrected chi connectivity index (χ1v) is 6.53. The highest BCUT2D eigenvalue weighted by Gasteiger charge is 2.15. The lowest BCUT2D eigenvalue weighted by atomic mass is 9.98. The molecule has 104 valence electrons. The number of rotatable bonds is 4. The molecule has 0 bridgehead atoms. The summed E-state index contributed by atoms with van der Waals surface area (Å²) in [5.41, 5.74) is 0.721. The fourth-order valence-electron chi connectivity index (χ4n) is 2.25. The summed E-state index contributed by atoms with van der Waals surface area (Å²) in [4.78, 5) is 11.4. The SMILES string of the molecule is COC(=O)c1cc(NCC2CCNCC2)ccc1F. The van der Waals surface area contributed by atoms with E-state index in [2.05, 4.69) is 15.4 Å². The molecule has 1 aliphatic rings. The Labute approximate surface area is 112 Å². The van der Waals surface area contributed by atoms with E-state index < -0.39 is 11.8 Å². The molecule has 5 heteroatoms. The Bertz CT molecular complexity index is 445. The van der Waals surface area contributed by atoms with E-state index in [-0.39, 0.29) is 5.56 Å². The summed E-state index contributed by atoms with van der Waals surface area (Å²) in [5.74, 6) is -0.588. The van der Waals surface area contributed by atoms with Gasteiger partial charge in [0.05, 0.1) is 12.7 Å². The number of halogens is 1. The van der Waals surface area contributed by atoms with Crippen LogP contribution in [0.15, 0.2) is 18.2 Å². The maximum absolute atomic E-state index is 13.5. The molecule has 1 saturated heterocycles. The van der Waals surface area contributed by atoms with Crippen LogP contribution in [0.5, 0.6) is 0 Å². The number of benzene rings is 1. The number of nitrogens with one attached hydrogen (secondary N) is 2. The zero-order valence-corrected chi connectivity index (χ0v) is 11.0. The van der Waals surface area contributed by atoms with Crippen LogP contribution in [-0.2, 0) is 4.74 Å². The minimum atomic E-state index is -0.650. The number of esters is 1. The molecular weight excluding hydrogens is 247 g/mol. The van der Waals surface area contributed by atoms with Crippen molar-refractivity contribution in [3.63, 3.8) is 0 Å². The second kappa shape index (κ2) is 6.52. The molecule has 2 N–H and O–H groups in total. The van der Waals surface area contributed by atoms with E-state index in [4.69, 9.17) is 0 Å². The maximum Gasteiger partial charge on any atom is 0.340 e. The molecule has 1 aromatic carbocycles. The molecule has 0 atom stereocenters. The highest BCUT2D eigenvalue weighted by atomic mass is 19.1. The van der Waals surface area contributed by atoms with Gasteiger partial charge in [-0.15, -0.1) is 0 Å². The summed E-state index contributed by atoms with van der Waals surface area (Å²) >= 11 is 0. The van der Waals surface area contributed by atoms with Gasteiger partial charge in [0.25, 0.3) is 0 Å². The third-order valence-electron chi connectivity index (χ3n) is 3.43. The van der Waals surface area contributed by atoms with Crippen LogP contribution in [0.1, 0.15) is 23.2 Å². The van der Waals surface area contributed by atoms with Crippen LogP contribution in [0, 0.1) is 11.7 Å². The van der Waals surface area contributed by atoms with E-state index in [0.29, 0.717) is 5.92 Å². The molecule has 1 aromatic rings. The van der Waals surface area contributed by atoms with E-state index in [1.807, 2.05) is 0 Å². The Morgan fingerprint density at radius 1 is 1.47 bits per heavy atom. The predicted octanol–water partition coefficient (Wildman–Crippen LogP) is 2.02. The fourth-order valence-corrected chi connectivity index (χ4v) is 2.25. The van der Waals surface area contributed by atoms with Crippen LogP contribution < -0.4 is 10.6 Å². The molecule has 2 rings (SSSR count). The minimum absolute atomic E-state index is 0.0298. The summed E-state index contributed by atoms with van der Waals surface area (Å²) in [7, 11) is 1.25. The summed E-state index contributed by atoms with van der Waals surface area (Å²) < 4.78 is 18.0. The lowest BCUT2D eigenvalue weighted by Gasteiger charge is -2.23. The van der Waals surface area contributed by atoms with Crippen LogP contribution in [0.2, 0.25) is 0 Å². The second-order valence-corrected chi connectivity index (χ2v) is 4.76. The van der Waals surface area contributed by atoms with Crippen LogP contribution >= 0.6 is 0 Å². The Kier molecular flexibility index (Phi) is 4.74. The van der Waals surface area contributed by atoms with Gasteiger partial charge in [0, 0.05) is 12.2 Å². The molecule has 0 spiro atoms. The Hall–Kier alpha value is -1.62. The number of piperidine rings is 1. The Morgan fingerprint density at radius 3 is 2.89 bits per heavy atom. The minimum Gasteiger partial charge on any atom is -0.465 e. The van der Waals surface area contributed by atoms with Gasteiger partial charge < -0.3 is 15.4 Å². The van der Waals surface area contributed by atoms with Gasteiger partial charge in [0.1, 0.15) is 5.82 Å². The molecule has 1 aliphatic heterocycles. The first-order valence-electron chi connectivity index (χ1n) is 6.53. The van der Waals surface area contributed by atoms with Gasteiger partial charge in [-0.05, 0) is 50.0 Å². The zero-order chi connectivity index (χ0) is 13.7. The molecule has 0 unspecified atom stereocenters.